The summed E-state index contributed by atoms with van der Waals surface area (Å²) < 4.78 is 9.76. The number of ketones is 1. The molecule has 0 aliphatic heterocycles. The zero-order valence-corrected chi connectivity index (χ0v) is 13.3. The Balaban J connectivity index is 3.42. The average molecular weight is 320 g/mol. The van der Waals surface area contributed by atoms with Crippen molar-refractivity contribution < 1.29 is 23.9 Å². The molecular weight excluding hydrogens is 300 g/mol. The molecule has 23 heavy (non-hydrogen) atoms. The van der Waals surface area contributed by atoms with Gasteiger partial charge in [0, 0.05) is 12.3 Å². The first-order valence-electron chi connectivity index (χ1n) is 7.66. The maximum atomic E-state index is 12.5. The van der Waals surface area contributed by atoms with Crippen LogP contribution in [0.4, 0.5) is 0 Å². The third kappa shape index (κ3) is 3.50. The number of carbonyl (C=O) groups is 3. The summed E-state index contributed by atoms with van der Waals surface area (Å²) in [4.78, 5) is 36.9. The highest BCUT2D eigenvalue weighted by molar-refractivity contribution is 5.96. The minimum Gasteiger partial charge on any atom is -0.465 e. The summed E-state index contributed by atoms with van der Waals surface area (Å²) in [6, 6.07) is 3.46. The van der Waals surface area contributed by atoms with Crippen molar-refractivity contribution in [2.45, 2.75) is 39.5 Å². The monoisotopic (exact) mass is 320 g/mol. The number of Topliss-reactive ketones (excluding diaryl/α,β-unsaturated/α-hetero) is 1. The zero-order valence-electron chi connectivity index (χ0n) is 13.3. The van der Waals surface area contributed by atoms with Crippen LogP contribution in [0.5, 0.6) is 0 Å². The molecule has 1 aliphatic rings. The van der Waals surface area contributed by atoms with Crippen molar-refractivity contribution in [1.29, 1.82) is 10.5 Å². The number of hydrogen-bond acceptors (Lipinski definition) is 7. The molecular formula is C16H20N2O5. The molecule has 0 heterocycles. The minimum absolute atomic E-state index is 0.0000393. The van der Waals surface area contributed by atoms with Gasteiger partial charge in [0.15, 0.2) is 11.3 Å². The van der Waals surface area contributed by atoms with Crippen LogP contribution in [0.2, 0.25) is 0 Å². The lowest BCUT2D eigenvalue weighted by Crippen LogP contribution is -2.51. The molecule has 0 N–H and O–H groups in total. The van der Waals surface area contributed by atoms with E-state index in [1.165, 1.54) is 0 Å². The van der Waals surface area contributed by atoms with Crippen LogP contribution >= 0.6 is 0 Å². The Kier molecular flexibility index (Phi) is 6.71. The Hall–Kier alpha value is -2.41. The van der Waals surface area contributed by atoms with Crippen LogP contribution in [-0.2, 0) is 23.9 Å². The van der Waals surface area contributed by atoms with E-state index < -0.39 is 29.2 Å². The largest absolute Gasteiger partial charge is 0.465 e. The van der Waals surface area contributed by atoms with Gasteiger partial charge in [-0.05, 0) is 26.7 Å². The molecule has 1 rings (SSSR count). The first kappa shape index (κ1) is 18.6. The smallest absolute Gasteiger partial charge is 0.329 e. The normalized spacial score (nSPS) is 21.2. The van der Waals surface area contributed by atoms with Crippen molar-refractivity contribution in [1.82, 2.24) is 0 Å². The van der Waals surface area contributed by atoms with E-state index in [0.29, 0.717) is 12.8 Å². The molecule has 7 heteroatoms. The van der Waals surface area contributed by atoms with Gasteiger partial charge in [0.05, 0.1) is 25.4 Å². The Morgan fingerprint density at radius 3 is 2.39 bits per heavy atom. The molecule has 0 amide bonds. The molecule has 1 aliphatic carbocycles. The van der Waals surface area contributed by atoms with Crippen LogP contribution < -0.4 is 0 Å². The van der Waals surface area contributed by atoms with E-state index in [0.717, 1.165) is 0 Å². The van der Waals surface area contributed by atoms with Crippen molar-refractivity contribution in [2.24, 2.45) is 17.3 Å². The molecule has 7 nitrogen and oxygen atoms in total. The zero-order chi connectivity index (χ0) is 17.5. The highest BCUT2D eigenvalue weighted by Crippen LogP contribution is 2.43. The van der Waals surface area contributed by atoms with E-state index in [9.17, 15) is 24.9 Å². The average Bonchev–Trinajstić information content (AvgIpc) is 2.53. The van der Waals surface area contributed by atoms with Crippen molar-refractivity contribution in [3.05, 3.63) is 0 Å². The predicted molar refractivity (Wildman–Crippen MR) is 77.4 cm³/mol. The number of esters is 2. The molecule has 0 aromatic heterocycles. The minimum atomic E-state index is -2.16. The molecule has 0 aromatic rings. The summed E-state index contributed by atoms with van der Waals surface area (Å²) in [6.07, 6.45) is 1.79. The second-order valence-electron chi connectivity index (χ2n) is 5.28. The summed E-state index contributed by atoms with van der Waals surface area (Å²) >= 11 is 0. The van der Waals surface area contributed by atoms with Gasteiger partial charge in [-0.1, -0.05) is 6.42 Å². The van der Waals surface area contributed by atoms with Crippen LogP contribution in [0.15, 0.2) is 0 Å². The predicted octanol–water partition coefficient (Wildman–Crippen LogP) is 1.52. The van der Waals surface area contributed by atoms with E-state index >= 15 is 0 Å². The molecule has 0 aromatic carbocycles. The van der Waals surface area contributed by atoms with Gasteiger partial charge in [0.1, 0.15) is 5.78 Å². The fraction of sp³-hybridized carbons (Fsp3) is 0.688. The van der Waals surface area contributed by atoms with Gasteiger partial charge in [-0.15, -0.1) is 0 Å². The summed E-state index contributed by atoms with van der Waals surface area (Å²) in [5.74, 6) is -5.02. The molecule has 0 radical (unpaired) electrons. The molecule has 0 saturated heterocycles. The van der Waals surface area contributed by atoms with Gasteiger partial charge in [0.25, 0.3) is 0 Å². The molecule has 1 fully saturated rings. The van der Waals surface area contributed by atoms with Gasteiger partial charge in [-0.3, -0.25) is 14.4 Å². The van der Waals surface area contributed by atoms with Crippen molar-refractivity contribution in [3.63, 3.8) is 0 Å². The van der Waals surface area contributed by atoms with Crippen LogP contribution in [0.1, 0.15) is 39.5 Å². The van der Waals surface area contributed by atoms with Gasteiger partial charge < -0.3 is 9.47 Å². The maximum Gasteiger partial charge on any atom is 0.329 e. The van der Waals surface area contributed by atoms with Crippen LogP contribution in [0, 0.1) is 39.9 Å². The van der Waals surface area contributed by atoms with E-state index in [1.54, 1.807) is 26.0 Å². The second-order valence-corrected chi connectivity index (χ2v) is 5.28. The quantitative estimate of drug-likeness (QED) is 0.681. The second kappa shape index (κ2) is 8.28. The lowest BCUT2D eigenvalue weighted by Gasteiger charge is -2.35. The van der Waals surface area contributed by atoms with E-state index in [-0.39, 0.29) is 31.8 Å². The van der Waals surface area contributed by atoms with Crippen molar-refractivity contribution in [3.8, 4) is 12.1 Å². The van der Waals surface area contributed by atoms with Crippen molar-refractivity contribution >= 4 is 17.7 Å². The highest BCUT2D eigenvalue weighted by Gasteiger charge is 2.60. The van der Waals surface area contributed by atoms with Crippen LogP contribution in [0.3, 0.4) is 0 Å². The number of nitriles is 2. The fourth-order valence-corrected chi connectivity index (χ4v) is 2.93. The molecule has 124 valence electrons. The molecule has 0 bridgehead atoms. The maximum absolute atomic E-state index is 12.5. The third-order valence-electron chi connectivity index (χ3n) is 4.01. The first-order valence-corrected chi connectivity index (χ1v) is 7.66. The van der Waals surface area contributed by atoms with Crippen LogP contribution in [-0.4, -0.2) is 30.9 Å². The number of carbonyl (C=O) groups excluding carboxylic acids is 3. The number of hydrogen-bond donors (Lipinski definition) is 0. The first-order chi connectivity index (χ1) is 11.0. The summed E-state index contributed by atoms with van der Waals surface area (Å²) in [6.45, 7) is 3.08. The van der Waals surface area contributed by atoms with Gasteiger partial charge in [0.2, 0.25) is 0 Å². The van der Waals surface area contributed by atoms with E-state index in [1.807, 2.05) is 0 Å². The van der Waals surface area contributed by atoms with E-state index in [2.05, 4.69) is 0 Å². The lowest BCUT2D eigenvalue weighted by molar-refractivity contribution is -0.168. The van der Waals surface area contributed by atoms with Gasteiger partial charge >= 0.3 is 11.9 Å². The Morgan fingerprint density at radius 1 is 1.26 bits per heavy atom. The Labute approximate surface area is 135 Å². The van der Waals surface area contributed by atoms with Crippen LogP contribution in [0.25, 0.3) is 0 Å². The van der Waals surface area contributed by atoms with Gasteiger partial charge in [-0.25, -0.2) is 0 Å². The summed E-state index contributed by atoms with van der Waals surface area (Å²) in [5, 5.41) is 19.1. The molecule has 0 spiro atoms. The molecule has 1 saturated carbocycles. The lowest BCUT2D eigenvalue weighted by atomic mass is 9.62. The molecule has 3 atom stereocenters. The van der Waals surface area contributed by atoms with Gasteiger partial charge in [-0.2, -0.15) is 10.5 Å². The Morgan fingerprint density at radius 2 is 1.91 bits per heavy atom. The SMILES string of the molecule is CCOC(=O)[C@@H](C#N)[C@](C#N)(C(=O)OCC)[C@@H]1CCCCC1=O. The standard InChI is InChI=1S/C16H20N2O5/c1-3-22-14(20)12(9-17)16(10-18,15(21)23-4-2)11-7-5-6-8-13(11)19/h11-12H,3-8H2,1-2H3/t11-,12-,16-/m1/s1. The topological polar surface area (TPSA) is 117 Å². The third-order valence-corrected chi connectivity index (χ3v) is 4.01. The van der Waals surface area contributed by atoms with Crippen molar-refractivity contribution in [2.75, 3.05) is 13.2 Å². The van der Waals surface area contributed by atoms with E-state index in [4.69, 9.17) is 9.47 Å². The number of rotatable bonds is 6. The highest BCUT2D eigenvalue weighted by atomic mass is 16.5. The number of nitrogens with zero attached hydrogens (tertiary/aromatic N) is 2. The molecule has 0 unspecified atom stereocenters. The fourth-order valence-electron chi connectivity index (χ4n) is 2.93. The number of ether oxygens (including phenoxy) is 2. The summed E-state index contributed by atoms with van der Waals surface area (Å²) in [5.41, 5.74) is -2.16. The Bertz CT molecular complexity index is 560. The summed E-state index contributed by atoms with van der Waals surface area (Å²) in [7, 11) is 0.